The van der Waals surface area contributed by atoms with Crippen molar-refractivity contribution in [3.8, 4) is 0 Å². The van der Waals surface area contributed by atoms with E-state index in [9.17, 15) is 26.4 Å². The van der Waals surface area contributed by atoms with Gasteiger partial charge in [-0.15, -0.1) is 0 Å². The van der Waals surface area contributed by atoms with Crippen molar-refractivity contribution in [2.45, 2.75) is 19.5 Å². The van der Waals surface area contributed by atoms with Crippen molar-refractivity contribution in [3.05, 3.63) is 52.1 Å². The van der Waals surface area contributed by atoms with Crippen LogP contribution < -0.4 is 0 Å². The normalized spacial score (nSPS) is 20.1. The summed E-state index contributed by atoms with van der Waals surface area (Å²) in [5.41, 5.74) is -0.153. The molecule has 0 aliphatic carbocycles. The second kappa shape index (κ2) is 7.03. The second-order valence-corrected chi connectivity index (χ2v) is 8.37. The lowest BCUT2D eigenvalue weighted by atomic mass is 9.94. The third kappa shape index (κ3) is 3.87. The van der Waals surface area contributed by atoms with Gasteiger partial charge in [0.15, 0.2) is 14.7 Å². The number of hydrogen-bond acceptors (Lipinski definition) is 4. The first kappa shape index (κ1) is 19.5. The van der Waals surface area contributed by atoms with Gasteiger partial charge in [-0.2, -0.15) is 13.2 Å². The first-order valence-electron chi connectivity index (χ1n) is 8.32. The Kier molecular flexibility index (Phi) is 5.07. The number of amides is 1. The van der Waals surface area contributed by atoms with Crippen molar-refractivity contribution in [1.82, 2.24) is 4.90 Å². The molecule has 0 fully saturated rings. The zero-order chi connectivity index (χ0) is 19.8. The fraction of sp³-hybridized carbons (Fsp3) is 0.389. The highest BCUT2D eigenvalue weighted by atomic mass is 32.2. The molecule has 2 aliphatic heterocycles. The van der Waals surface area contributed by atoms with Crippen LogP contribution in [0.15, 0.2) is 41.0 Å². The molecule has 1 aromatic rings. The molecule has 2 aliphatic rings. The Bertz CT molecular complexity index is 932. The number of carbonyl (C=O) groups is 1. The summed E-state index contributed by atoms with van der Waals surface area (Å²) < 4.78 is 69.2. The fourth-order valence-corrected chi connectivity index (χ4v) is 4.63. The van der Waals surface area contributed by atoms with E-state index in [1.807, 2.05) is 0 Å². The van der Waals surface area contributed by atoms with Crippen LogP contribution in [0.3, 0.4) is 0 Å². The molecule has 3 rings (SSSR count). The molecule has 0 bridgehead atoms. The number of halogens is 3. The zero-order valence-corrected chi connectivity index (χ0v) is 15.4. The van der Waals surface area contributed by atoms with Crippen molar-refractivity contribution in [2.24, 2.45) is 0 Å². The quantitative estimate of drug-likeness (QED) is 0.764. The number of ether oxygens (including phenoxy) is 1. The average molecular weight is 401 g/mol. The summed E-state index contributed by atoms with van der Waals surface area (Å²) in [5.74, 6) is -0.880. The first-order valence-corrected chi connectivity index (χ1v) is 9.98. The molecule has 146 valence electrons. The van der Waals surface area contributed by atoms with E-state index in [-0.39, 0.29) is 48.1 Å². The SMILES string of the molecule is CC1=C(C(=O)N2CC=C(c3ccccc3C(F)(F)F)CC2)S(=O)(=O)CCO1. The van der Waals surface area contributed by atoms with Crippen molar-refractivity contribution >= 4 is 21.3 Å². The fourth-order valence-electron chi connectivity index (χ4n) is 3.23. The van der Waals surface area contributed by atoms with Gasteiger partial charge in [-0.05, 0) is 30.5 Å². The number of allylic oxidation sites excluding steroid dienone is 1. The summed E-state index contributed by atoms with van der Waals surface area (Å²) in [6.07, 6.45) is -2.73. The van der Waals surface area contributed by atoms with E-state index in [1.165, 1.54) is 36.1 Å². The van der Waals surface area contributed by atoms with Crippen molar-refractivity contribution in [2.75, 3.05) is 25.4 Å². The maximum absolute atomic E-state index is 13.2. The number of benzene rings is 1. The van der Waals surface area contributed by atoms with E-state index in [2.05, 4.69) is 0 Å². The van der Waals surface area contributed by atoms with E-state index >= 15 is 0 Å². The van der Waals surface area contributed by atoms with Gasteiger partial charge in [0.2, 0.25) is 0 Å². The van der Waals surface area contributed by atoms with Crippen LogP contribution in [0, 0.1) is 0 Å². The lowest BCUT2D eigenvalue weighted by Crippen LogP contribution is -2.40. The highest BCUT2D eigenvalue weighted by molar-refractivity contribution is 7.96. The molecule has 27 heavy (non-hydrogen) atoms. The number of nitrogens with zero attached hydrogens (tertiary/aromatic N) is 1. The molecule has 0 spiro atoms. The molecular formula is C18H18F3NO4S. The second-order valence-electron chi connectivity index (χ2n) is 6.33. The van der Waals surface area contributed by atoms with Gasteiger partial charge in [0.05, 0.1) is 11.3 Å². The number of alkyl halides is 3. The van der Waals surface area contributed by atoms with Crippen molar-refractivity contribution in [1.29, 1.82) is 0 Å². The average Bonchev–Trinajstić information content (AvgIpc) is 2.60. The molecule has 0 aromatic heterocycles. The summed E-state index contributed by atoms with van der Waals surface area (Å²) in [7, 11) is -3.72. The smallest absolute Gasteiger partial charge is 0.416 e. The summed E-state index contributed by atoms with van der Waals surface area (Å²) in [6.45, 7) is 1.59. The Hall–Kier alpha value is -2.29. The van der Waals surface area contributed by atoms with Crippen LogP contribution in [-0.2, 0) is 25.5 Å². The molecule has 0 radical (unpaired) electrons. The van der Waals surface area contributed by atoms with Gasteiger partial charge in [0.25, 0.3) is 5.91 Å². The molecule has 9 heteroatoms. The number of hydrogen-bond donors (Lipinski definition) is 0. The zero-order valence-electron chi connectivity index (χ0n) is 14.5. The largest absolute Gasteiger partial charge is 0.496 e. The van der Waals surface area contributed by atoms with Crippen LogP contribution in [0.25, 0.3) is 5.57 Å². The van der Waals surface area contributed by atoms with Crippen LogP contribution >= 0.6 is 0 Å². The molecular weight excluding hydrogens is 383 g/mol. The number of sulfone groups is 1. The Morgan fingerprint density at radius 3 is 2.52 bits per heavy atom. The highest BCUT2D eigenvalue weighted by Crippen LogP contribution is 2.36. The molecule has 0 saturated heterocycles. The lowest BCUT2D eigenvalue weighted by Gasteiger charge is -2.29. The van der Waals surface area contributed by atoms with Crippen molar-refractivity contribution in [3.63, 3.8) is 0 Å². The molecule has 0 N–H and O–H groups in total. The molecule has 0 unspecified atom stereocenters. The van der Waals surface area contributed by atoms with Gasteiger partial charge < -0.3 is 9.64 Å². The monoisotopic (exact) mass is 401 g/mol. The Morgan fingerprint density at radius 1 is 1.22 bits per heavy atom. The topological polar surface area (TPSA) is 63.7 Å². The van der Waals surface area contributed by atoms with Crippen LogP contribution in [-0.4, -0.2) is 44.7 Å². The predicted molar refractivity (Wildman–Crippen MR) is 93.1 cm³/mol. The maximum atomic E-state index is 13.2. The van der Waals surface area contributed by atoms with Gasteiger partial charge in [0, 0.05) is 13.1 Å². The van der Waals surface area contributed by atoms with Gasteiger partial charge in [-0.1, -0.05) is 24.3 Å². The van der Waals surface area contributed by atoms with Crippen LogP contribution in [0.1, 0.15) is 24.5 Å². The third-order valence-corrected chi connectivity index (χ3v) is 6.36. The van der Waals surface area contributed by atoms with Gasteiger partial charge in [-0.25, -0.2) is 8.42 Å². The standard InChI is InChI=1S/C18H18F3NO4S/c1-12-16(27(24,25)11-10-26-12)17(23)22-8-6-13(7-9-22)14-4-2-3-5-15(14)18(19,20)21/h2-6H,7-11H2,1H3. The minimum atomic E-state index is -4.47. The summed E-state index contributed by atoms with van der Waals surface area (Å²) in [4.78, 5) is 13.6. The van der Waals surface area contributed by atoms with Gasteiger partial charge in [0.1, 0.15) is 12.4 Å². The Balaban J connectivity index is 1.85. The van der Waals surface area contributed by atoms with Crippen LogP contribution in [0.5, 0.6) is 0 Å². The summed E-state index contributed by atoms with van der Waals surface area (Å²) in [6, 6.07) is 5.28. The minimum absolute atomic E-state index is 0.00320. The first-order chi connectivity index (χ1) is 12.6. The molecule has 2 heterocycles. The van der Waals surface area contributed by atoms with Crippen molar-refractivity contribution < 1.29 is 31.1 Å². The van der Waals surface area contributed by atoms with Crippen LogP contribution in [0.4, 0.5) is 13.2 Å². The predicted octanol–water partition coefficient (Wildman–Crippen LogP) is 3.00. The van der Waals surface area contributed by atoms with E-state index in [0.29, 0.717) is 5.57 Å². The summed E-state index contributed by atoms with van der Waals surface area (Å²) in [5, 5.41) is 0. The molecule has 5 nitrogen and oxygen atoms in total. The summed E-state index contributed by atoms with van der Waals surface area (Å²) >= 11 is 0. The molecule has 0 saturated carbocycles. The minimum Gasteiger partial charge on any atom is -0.496 e. The van der Waals surface area contributed by atoms with E-state index in [4.69, 9.17) is 4.74 Å². The third-order valence-electron chi connectivity index (χ3n) is 4.57. The van der Waals surface area contributed by atoms with E-state index in [0.717, 1.165) is 6.07 Å². The van der Waals surface area contributed by atoms with E-state index < -0.39 is 27.5 Å². The van der Waals surface area contributed by atoms with Gasteiger partial charge >= 0.3 is 6.18 Å². The molecule has 1 aromatic carbocycles. The molecule has 1 amide bonds. The van der Waals surface area contributed by atoms with E-state index in [1.54, 1.807) is 0 Å². The maximum Gasteiger partial charge on any atom is 0.416 e. The number of carbonyl (C=O) groups excluding carboxylic acids is 1. The molecule has 0 atom stereocenters. The number of rotatable bonds is 2. The lowest BCUT2D eigenvalue weighted by molar-refractivity contribution is -0.137. The Labute approximate surface area is 155 Å². The highest BCUT2D eigenvalue weighted by Gasteiger charge is 2.37. The van der Waals surface area contributed by atoms with Gasteiger partial charge in [-0.3, -0.25) is 4.79 Å². The van der Waals surface area contributed by atoms with Crippen LogP contribution in [0.2, 0.25) is 0 Å². The Morgan fingerprint density at radius 2 is 1.93 bits per heavy atom.